The fraction of sp³-hybridized carbons (Fsp3) is 0.529. The maximum Gasteiger partial charge on any atom is 0.254 e. The second-order valence-electron chi connectivity index (χ2n) is 6.13. The molecule has 1 aliphatic heterocycles. The Bertz CT molecular complexity index is 511. The number of nitrogens with zero attached hydrogens (tertiary/aromatic N) is 1. The molecule has 1 heterocycles. The minimum absolute atomic E-state index is 0.0748. The van der Waals surface area contributed by atoms with E-state index in [1.165, 1.54) is 0 Å². The number of carbonyl (C=O) groups excluding carboxylic acids is 2. The monoisotopic (exact) mass is 303 g/mol. The maximum atomic E-state index is 12.3. The quantitative estimate of drug-likeness (QED) is 0.781. The van der Waals surface area contributed by atoms with E-state index in [4.69, 9.17) is 0 Å². The van der Waals surface area contributed by atoms with Crippen molar-refractivity contribution in [2.24, 2.45) is 5.92 Å². The highest BCUT2D eigenvalue weighted by atomic mass is 16.2. The van der Waals surface area contributed by atoms with Gasteiger partial charge in [-0.1, -0.05) is 26.0 Å². The first-order valence-electron chi connectivity index (χ1n) is 7.92. The average Bonchev–Trinajstić information content (AvgIpc) is 2.51. The van der Waals surface area contributed by atoms with Crippen LogP contribution in [0, 0.1) is 5.92 Å². The minimum Gasteiger partial charge on any atom is -0.353 e. The molecule has 5 heteroatoms. The summed E-state index contributed by atoms with van der Waals surface area (Å²) in [5, 5.41) is 6.13. The van der Waals surface area contributed by atoms with Crippen LogP contribution < -0.4 is 10.6 Å². The zero-order valence-electron chi connectivity index (χ0n) is 13.4. The van der Waals surface area contributed by atoms with Crippen molar-refractivity contribution in [1.82, 2.24) is 15.5 Å². The molecule has 22 heavy (non-hydrogen) atoms. The van der Waals surface area contributed by atoms with Crippen LogP contribution in [-0.4, -0.2) is 42.9 Å². The van der Waals surface area contributed by atoms with Crippen LogP contribution in [0.2, 0.25) is 0 Å². The molecule has 1 saturated heterocycles. The van der Waals surface area contributed by atoms with Crippen molar-refractivity contribution in [2.75, 3.05) is 26.2 Å². The van der Waals surface area contributed by atoms with Gasteiger partial charge in [-0.05, 0) is 36.6 Å². The Morgan fingerprint density at radius 1 is 1.32 bits per heavy atom. The normalized spacial score (nSPS) is 15.0. The van der Waals surface area contributed by atoms with Gasteiger partial charge in [0.05, 0.1) is 6.54 Å². The standard InChI is InChI=1S/C17H25N3O2/c1-13(2)7-8-18-11-14-3-5-15(6-4-14)17(22)20-10-9-19-16(21)12-20/h3-6,13,18H,7-12H2,1-2H3,(H,19,21). The summed E-state index contributed by atoms with van der Waals surface area (Å²) >= 11 is 0. The third-order valence-electron chi connectivity index (χ3n) is 3.75. The Labute approximate surface area is 132 Å². The first-order valence-corrected chi connectivity index (χ1v) is 7.92. The van der Waals surface area contributed by atoms with E-state index in [2.05, 4.69) is 24.5 Å². The lowest BCUT2D eigenvalue weighted by molar-refractivity contribution is -0.123. The Hall–Kier alpha value is -1.88. The van der Waals surface area contributed by atoms with Crippen molar-refractivity contribution < 1.29 is 9.59 Å². The number of benzene rings is 1. The fourth-order valence-corrected chi connectivity index (χ4v) is 2.38. The van der Waals surface area contributed by atoms with Crippen LogP contribution in [-0.2, 0) is 11.3 Å². The highest BCUT2D eigenvalue weighted by Gasteiger charge is 2.21. The van der Waals surface area contributed by atoms with Crippen molar-refractivity contribution in [3.05, 3.63) is 35.4 Å². The van der Waals surface area contributed by atoms with Gasteiger partial charge in [0.1, 0.15) is 0 Å². The SMILES string of the molecule is CC(C)CCNCc1ccc(C(=O)N2CCNC(=O)C2)cc1. The van der Waals surface area contributed by atoms with Gasteiger partial charge < -0.3 is 15.5 Å². The molecule has 1 fully saturated rings. The highest BCUT2D eigenvalue weighted by molar-refractivity contribution is 5.97. The molecule has 0 saturated carbocycles. The molecular weight excluding hydrogens is 278 g/mol. The van der Waals surface area contributed by atoms with E-state index in [-0.39, 0.29) is 18.4 Å². The van der Waals surface area contributed by atoms with E-state index in [1.54, 1.807) is 4.90 Å². The molecule has 1 aromatic carbocycles. The van der Waals surface area contributed by atoms with Crippen LogP contribution >= 0.6 is 0 Å². The molecule has 0 bridgehead atoms. The summed E-state index contributed by atoms with van der Waals surface area (Å²) in [4.78, 5) is 25.3. The molecule has 2 amide bonds. The lowest BCUT2D eigenvalue weighted by Crippen LogP contribution is -2.49. The summed E-state index contributed by atoms with van der Waals surface area (Å²) in [6.45, 7) is 7.49. The van der Waals surface area contributed by atoms with Gasteiger partial charge in [0, 0.05) is 25.2 Å². The predicted octanol–water partition coefficient (Wildman–Crippen LogP) is 1.39. The molecule has 0 spiro atoms. The Kier molecular flexibility index (Phi) is 5.95. The third-order valence-corrected chi connectivity index (χ3v) is 3.75. The van der Waals surface area contributed by atoms with Gasteiger partial charge in [-0.25, -0.2) is 0 Å². The molecule has 0 unspecified atom stereocenters. The third kappa shape index (κ3) is 4.84. The summed E-state index contributed by atoms with van der Waals surface area (Å²) in [5.41, 5.74) is 1.80. The molecule has 1 aliphatic rings. The van der Waals surface area contributed by atoms with E-state index in [0.717, 1.165) is 25.1 Å². The van der Waals surface area contributed by atoms with Gasteiger partial charge in [0.2, 0.25) is 5.91 Å². The number of nitrogens with one attached hydrogen (secondary N) is 2. The predicted molar refractivity (Wildman–Crippen MR) is 86.5 cm³/mol. The molecule has 0 radical (unpaired) electrons. The molecule has 2 rings (SSSR count). The molecule has 0 atom stereocenters. The number of rotatable bonds is 6. The number of carbonyl (C=O) groups is 2. The van der Waals surface area contributed by atoms with Gasteiger partial charge in [-0.15, -0.1) is 0 Å². The van der Waals surface area contributed by atoms with E-state index >= 15 is 0 Å². The van der Waals surface area contributed by atoms with Crippen LogP contribution in [0.3, 0.4) is 0 Å². The van der Waals surface area contributed by atoms with Crippen LogP contribution in [0.5, 0.6) is 0 Å². The summed E-state index contributed by atoms with van der Waals surface area (Å²) in [6, 6.07) is 7.63. The Balaban J connectivity index is 1.85. The summed E-state index contributed by atoms with van der Waals surface area (Å²) in [5.74, 6) is 0.536. The van der Waals surface area contributed by atoms with Crippen LogP contribution in [0.4, 0.5) is 0 Å². The Morgan fingerprint density at radius 2 is 2.05 bits per heavy atom. The van der Waals surface area contributed by atoms with Crippen molar-refractivity contribution in [3.63, 3.8) is 0 Å². The molecule has 0 aromatic heterocycles. The summed E-state index contributed by atoms with van der Waals surface area (Å²) in [7, 11) is 0. The average molecular weight is 303 g/mol. The highest BCUT2D eigenvalue weighted by Crippen LogP contribution is 2.09. The van der Waals surface area contributed by atoms with Gasteiger partial charge in [0.25, 0.3) is 5.91 Å². The van der Waals surface area contributed by atoms with Crippen molar-refractivity contribution in [3.8, 4) is 0 Å². The van der Waals surface area contributed by atoms with Crippen molar-refractivity contribution in [1.29, 1.82) is 0 Å². The second-order valence-corrected chi connectivity index (χ2v) is 6.13. The minimum atomic E-state index is -0.0921. The van der Waals surface area contributed by atoms with Gasteiger partial charge in [0.15, 0.2) is 0 Å². The topological polar surface area (TPSA) is 61.4 Å². The second kappa shape index (κ2) is 7.94. The zero-order chi connectivity index (χ0) is 15.9. The molecular formula is C17H25N3O2. The number of amides is 2. The van der Waals surface area contributed by atoms with Gasteiger partial charge in [-0.2, -0.15) is 0 Å². The molecule has 0 aliphatic carbocycles. The Morgan fingerprint density at radius 3 is 2.68 bits per heavy atom. The largest absolute Gasteiger partial charge is 0.353 e. The molecule has 1 aromatic rings. The van der Waals surface area contributed by atoms with Crippen molar-refractivity contribution in [2.45, 2.75) is 26.8 Å². The lowest BCUT2D eigenvalue weighted by Gasteiger charge is -2.26. The maximum absolute atomic E-state index is 12.3. The smallest absolute Gasteiger partial charge is 0.254 e. The van der Waals surface area contributed by atoms with E-state index in [1.807, 2.05) is 24.3 Å². The number of hydrogen-bond acceptors (Lipinski definition) is 3. The number of piperazine rings is 1. The fourth-order valence-electron chi connectivity index (χ4n) is 2.38. The van der Waals surface area contributed by atoms with E-state index in [9.17, 15) is 9.59 Å². The summed E-state index contributed by atoms with van der Waals surface area (Å²) < 4.78 is 0. The molecule has 5 nitrogen and oxygen atoms in total. The van der Waals surface area contributed by atoms with Crippen LogP contribution in [0.1, 0.15) is 36.2 Å². The van der Waals surface area contributed by atoms with Gasteiger partial charge >= 0.3 is 0 Å². The zero-order valence-corrected chi connectivity index (χ0v) is 13.4. The molecule has 2 N–H and O–H groups in total. The number of hydrogen-bond donors (Lipinski definition) is 2. The first kappa shape index (κ1) is 16.5. The first-order chi connectivity index (χ1) is 10.6. The van der Waals surface area contributed by atoms with Crippen LogP contribution in [0.15, 0.2) is 24.3 Å². The molecule has 120 valence electrons. The van der Waals surface area contributed by atoms with E-state index < -0.39 is 0 Å². The van der Waals surface area contributed by atoms with Crippen LogP contribution in [0.25, 0.3) is 0 Å². The van der Waals surface area contributed by atoms with E-state index in [0.29, 0.717) is 24.6 Å². The summed E-state index contributed by atoms with van der Waals surface area (Å²) in [6.07, 6.45) is 1.16. The van der Waals surface area contributed by atoms with Crippen molar-refractivity contribution >= 4 is 11.8 Å². The lowest BCUT2D eigenvalue weighted by atomic mass is 10.1. The van der Waals surface area contributed by atoms with Gasteiger partial charge in [-0.3, -0.25) is 9.59 Å².